The van der Waals surface area contributed by atoms with Crippen molar-refractivity contribution < 1.29 is 22.6 Å². The van der Waals surface area contributed by atoms with Crippen LogP contribution in [-0.4, -0.2) is 32.8 Å². The Morgan fingerprint density at radius 2 is 1.67 bits per heavy atom. The summed E-state index contributed by atoms with van der Waals surface area (Å²) in [5, 5.41) is 15.0. The van der Waals surface area contributed by atoms with Crippen LogP contribution in [0.3, 0.4) is 0 Å². The highest BCUT2D eigenvalue weighted by Crippen LogP contribution is 2.17. The molecule has 0 fully saturated rings. The van der Waals surface area contributed by atoms with E-state index >= 15 is 0 Å². The smallest absolute Gasteiger partial charge is 0.394 e. The summed E-state index contributed by atoms with van der Waals surface area (Å²) in [7, 11) is -4.67. The molecule has 0 aliphatic rings. The molecule has 0 unspecified atom stereocenters. The Labute approximate surface area is 121 Å². The Morgan fingerprint density at radius 1 is 1.14 bits per heavy atom. The number of anilines is 3. The maximum atomic E-state index is 9.02. The second-order valence-electron chi connectivity index (χ2n) is 3.74. The van der Waals surface area contributed by atoms with Gasteiger partial charge >= 0.3 is 10.4 Å². The first-order valence-corrected chi connectivity index (χ1v) is 6.70. The number of phenolic OH excluding ortho intramolecular Hbond substituents is 1. The Bertz CT molecular complexity index is 646. The lowest BCUT2D eigenvalue weighted by atomic mass is 10.2. The number of aromatic amines is 1. The monoisotopic (exact) mass is 319 g/mol. The van der Waals surface area contributed by atoms with Crippen LogP contribution in [0.1, 0.15) is 5.56 Å². The molecule has 1 aromatic carbocycles. The summed E-state index contributed by atoms with van der Waals surface area (Å²) in [5.41, 5.74) is 17.2. The minimum absolute atomic E-state index is 0.259. The number of benzene rings is 1. The van der Waals surface area contributed by atoms with Crippen LogP contribution in [-0.2, 0) is 10.4 Å². The molecule has 11 heteroatoms. The van der Waals surface area contributed by atoms with Crippen LogP contribution in [0.15, 0.2) is 24.3 Å². The Hall–Kier alpha value is -2.50. The molecule has 10 nitrogen and oxygen atoms in total. The van der Waals surface area contributed by atoms with Gasteiger partial charge < -0.3 is 22.3 Å². The van der Waals surface area contributed by atoms with Gasteiger partial charge in [0.15, 0.2) is 0 Å². The van der Waals surface area contributed by atoms with Gasteiger partial charge in [-0.05, 0) is 18.6 Å². The highest BCUT2D eigenvalue weighted by Gasteiger charge is 1.92. The summed E-state index contributed by atoms with van der Waals surface area (Å²) < 4.78 is 31.6. The van der Waals surface area contributed by atoms with E-state index in [9.17, 15) is 0 Å². The predicted molar refractivity (Wildman–Crippen MR) is 78.8 cm³/mol. The molecule has 2 aromatic rings. The molecule has 0 saturated carbocycles. The minimum Gasteiger partial charge on any atom is -0.508 e. The number of aryl methyl sites for hydroxylation is 1. The molecule has 21 heavy (non-hydrogen) atoms. The molecule has 0 spiro atoms. The zero-order valence-corrected chi connectivity index (χ0v) is 11.9. The zero-order valence-electron chi connectivity index (χ0n) is 11.1. The SMILES string of the molecule is Cc1ccc(N)cc1O.Nc1cc(N)[nH]n1.O=S(=O)(O)O. The summed E-state index contributed by atoms with van der Waals surface area (Å²) in [6, 6.07) is 6.63. The standard InChI is InChI=1S/C7H9NO.C3H6N4.H2O4S/c1-5-2-3-6(8)4-7(5)9;4-2-1-3(5)7-6-2;1-5(2,3)4/h2-4,9H,8H2,1H3;1H,(H5,4,5,6,7);(H2,1,2,3,4). The first-order valence-electron chi connectivity index (χ1n) is 5.30. The Morgan fingerprint density at radius 3 is 1.90 bits per heavy atom. The van der Waals surface area contributed by atoms with Gasteiger partial charge in [-0.3, -0.25) is 14.2 Å². The van der Waals surface area contributed by atoms with Crippen molar-refractivity contribution in [2.45, 2.75) is 6.92 Å². The number of rotatable bonds is 0. The van der Waals surface area contributed by atoms with Gasteiger partial charge in [0.2, 0.25) is 0 Å². The van der Waals surface area contributed by atoms with Gasteiger partial charge in [-0.1, -0.05) is 6.07 Å². The quantitative estimate of drug-likeness (QED) is 0.261. The number of aromatic nitrogens is 2. The number of aromatic hydroxyl groups is 1. The van der Waals surface area contributed by atoms with Crippen molar-refractivity contribution in [3.63, 3.8) is 0 Å². The third-order valence-corrected chi connectivity index (χ3v) is 1.85. The number of nitrogens with two attached hydrogens (primary N) is 3. The lowest BCUT2D eigenvalue weighted by Crippen LogP contribution is -1.89. The molecule has 1 heterocycles. The molecule has 118 valence electrons. The van der Waals surface area contributed by atoms with Crippen LogP contribution >= 0.6 is 0 Å². The molecule has 0 radical (unpaired) electrons. The van der Waals surface area contributed by atoms with Crippen LogP contribution in [0.4, 0.5) is 17.3 Å². The topological polar surface area (TPSA) is 202 Å². The Kier molecular flexibility index (Phi) is 6.99. The lowest BCUT2D eigenvalue weighted by molar-refractivity contribution is 0.381. The first kappa shape index (κ1) is 18.5. The van der Waals surface area contributed by atoms with E-state index in [2.05, 4.69) is 10.2 Å². The second-order valence-corrected chi connectivity index (χ2v) is 4.64. The summed E-state index contributed by atoms with van der Waals surface area (Å²) in [4.78, 5) is 0. The van der Waals surface area contributed by atoms with E-state index < -0.39 is 10.4 Å². The lowest BCUT2D eigenvalue weighted by Gasteiger charge is -1.97. The molecule has 10 N–H and O–H groups in total. The number of hydrogen-bond donors (Lipinski definition) is 7. The highest BCUT2D eigenvalue weighted by atomic mass is 32.3. The summed E-state index contributed by atoms with van der Waals surface area (Å²) in [6.45, 7) is 1.83. The van der Waals surface area contributed by atoms with E-state index in [1.165, 1.54) is 6.07 Å². The van der Waals surface area contributed by atoms with E-state index in [1.807, 2.05) is 6.92 Å². The number of H-pyrrole nitrogens is 1. The second kappa shape index (κ2) is 7.94. The molecule has 0 aliphatic heterocycles. The van der Waals surface area contributed by atoms with E-state index in [-0.39, 0.29) is 5.75 Å². The normalized spacial score (nSPS) is 9.86. The van der Waals surface area contributed by atoms with Crippen LogP contribution in [0.5, 0.6) is 5.75 Å². The first-order chi connectivity index (χ1) is 9.49. The fraction of sp³-hybridized carbons (Fsp3) is 0.100. The van der Waals surface area contributed by atoms with Gasteiger partial charge in [0.1, 0.15) is 17.4 Å². The molecule has 2 rings (SSSR count). The van der Waals surface area contributed by atoms with Gasteiger partial charge in [0, 0.05) is 17.8 Å². The average molecular weight is 319 g/mol. The van der Waals surface area contributed by atoms with Gasteiger partial charge in [0.05, 0.1) is 0 Å². The van der Waals surface area contributed by atoms with E-state index in [0.29, 0.717) is 17.3 Å². The molecule has 0 bridgehead atoms. The van der Waals surface area contributed by atoms with Crippen molar-refractivity contribution >= 4 is 27.7 Å². The van der Waals surface area contributed by atoms with Gasteiger partial charge in [0.25, 0.3) is 0 Å². The van der Waals surface area contributed by atoms with E-state index in [1.54, 1.807) is 18.2 Å². The third kappa shape index (κ3) is 11.1. The van der Waals surface area contributed by atoms with Gasteiger partial charge in [-0.2, -0.15) is 13.5 Å². The highest BCUT2D eigenvalue weighted by molar-refractivity contribution is 7.79. The molecule has 0 saturated heterocycles. The maximum absolute atomic E-state index is 9.02. The van der Waals surface area contributed by atoms with Crippen molar-refractivity contribution in [2.24, 2.45) is 0 Å². The number of nitrogens with one attached hydrogen (secondary N) is 1. The van der Waals surface area contributed by atoms with Crippen molar-refractivity contribution in [1.82, 2.24) is 10.2 Å². The van der Waals surface area contributed by atoms with Crippen LogP contribution < -0.4 is 17.2 Å². The minimum atomic E-state index is -4.67. The number of nitrogens with zero attached hydrogens (tertiary/aromatic N) is 1. The Balaban J connectivity index is 0.000000300. The molecule has 1 aromatic heterocycles. The molecule has 0 aliphatic carbocycles. The number of phenols is 1. The van der Waals surface area contributed by atoms with Crippen LogP contribution in [0.25, 0.3) is 0 Å². The molecular formula is C10H17N5O5S. The molecule has 0 amide bonds. The zero-order chi connectivity index (χ0) is 16.6. The summed E-state index contributed by atoms with van der Waals surface area (Å²) >= 11 is 0. The average Bonchev–Trinajstić information content (AvgIpc) is 2.67. The van der Waals surface area contributed by atoms with Crippen molar-refractivity contribution in [2.75, 3.05) is 17.2 Å². The van der Waals surface area contributed by atoms with Gasteiger partial charge in [-0.25, -0.2) is 0 Å². The van der Waals surface area contributed by atoms with Crippen LogP contribution in [0, 0.1) is 6.92 Å². The van der Waals surface area contributed by atoms with Gasteiger partial charge in [-0.15, -0.1) is 0 Å². The summed E-state index contributed by atoms with van der Waals surface area (Å²) in [6.07, 6.45) is 0. The van der Waals surface area contributed by atoms with Crippen LogP contribution in [0.2, 0.25) is 0 Å². The fourth-order valence-corrected chi connectivity index (χ4v) is 0.979. The van der Waals surface area contributed by atoms with E-state index in [4.69, 9.17) is 39.8 Å². The third-order valence-electron chi connectivity index (χ3n) is 1.85. The maximum Gasteiger partial charge on any atom is 0.394 e. The predicted octanol–water partition coefficient (Wildman–Crippen LogP) is 0.204. The van der Waals surface area contributed by atoms with Crippen molar-refractivity contribution in [3.05, 3.63) is 29.8 Å². The number of hydrogen-bond acceptors (Lipinski definition) is 7. The van der Waals surface area contributed by atoms with Crippen molar-refractivity contribution in [3.8, 4) is 5.75 Å². The van der Waals surface area contributed by atoms with Crippen molar-refractivity contribution in [1.29, 1.82) is 0 Å². The molecular weight excluding hydrogens is 302 g/mol. The summed E-state index contributed by atoms with van der Waals surface area (Å²) in [5.74, 6) is 1.19. The van der Waals surface area contributed by atoms with E-state index in [0.717, 1.165) is 5.56 Å². The fourth-order valence-electron chi connectivity index (χ4n) is 0.979. The number of nitrogen functional groups attached to an aromatic ring is 3. The molecule has 0 atom stereocenters. The largest absolute Gasteiger partial charge is 0.508 e.